The standard InChI is InChI=1S/C88H59BN4OS/c1-88(2,3)57-50-68(54-23-6-4-7-24-54)87(70(51-57)66-33-22-40-82-85(66)67-32-15-21-39-81(67)94-82)93-79-52-59(91-73-34-16-10-27-61(73)62-28-11-17-35-74(62)91)42-44-71(79)89-72-45-43-60(92-75-36-18-12-29-63(75)64-30-13-19-37-76(64)92)53-83(72)95-84-49-56(48-80(93)86(84)89)55-41-46-78-69(47-55)65-31-14-20-38-77(65)90(78)58-25-8-5-9-26-58/h4-53H,1-3H3/i10D,11D,12D,13D,16D,17D,18D,19D,27D,28D,29D,30D,34D,35D,36D,37D. The summed E-state index contributed by atoms with van der Waals surface area (Å²) in [6.07, 6.45) is 0. The number of anilines is 3. The number of hydrogen-bond donors (Lipinski definition) is 0. The normalized spacial score (nSPS) is 15.3. The number of para-hydroxylation sites is 7. The van der Waals surface area contributed by atoms with Gasteiger partial charge in [0.1, 0.15) is 11.2 Å². The van der Waals surface area contributed by atoms with Crippen LogP contribution >= 0.6 is 11.8 Å². The number of hydrogen-bond acceptors (Lipinski definition) is 3. The Morgan fingerprint density at radius 3 is 1.62 bits per heavy atom. The molecular weight excluding hydrogens is 1170 g/mol. The Balaban J connectivity index is 0.957. The molecule has 0 N–H and O–H groups in total. The van der Waals surface area contributed by atoms with Crippen molar-refractivity contribution in [2.75, 3.05) is 4.90 Å². The van der Waals surface area contributed by atoms with Gasteiger partial charge < -0.3 is 23.0 Å². The molecule has 7 heteroatoms. The van der Waals surface area contributed by atoms with Crippen molar-refractivity contribution in [3.05, 3.63) is 308 Å². The highest BCUT2D eigenvalue weighted by Gasteiger charge is 2.43. The molecule has 18 aromatic rings. The maximum Gasteiger partial charge on any atom is 0.249 e. The van der Waals surface area contributed by atoms with Gasteiger partial charge in [-0.15, -0.1) is 0 Å². The van der Waals surface area contributed by atoms with Crippen molar-refractivity contribution in [1.29, 1.82) is 0 Å². The SMILES string of the molecule is [2H]c1c([2H])c([2H])c2c(c1[2H])c1c([2H])c([2H])c([2H])c([2H])c1n2-c1ccc2c(c1)Sc1cc(-c3ccc4c(c3)c3ccccc3n4-c3ccccc3)cc3c1B2c1ccc(-n2c4c([2H])c([2H])c([2H])c([2H])c4c4c([2H])c([2H])c([2H])c([2H])c42)cc1N3c1c(-c2ccccc2)cc(C(C)(C)C)cc1-c1cccc2oc3ccccc3c12. The molecule has 0 fully saturated rings. The van der Waals surface area contributed by atoms with E-state index in [-0.39, 0.29) is 43.6 Å². The van der Waals surface area contributed by atoms with Crippen LogP contribution in [0.4, 0.5) is 17.1 Å². The molecule has 0 radical (unpaired) electrons. The zero-order valence-corrected chi connectivity index (χ0v) is 52.1. The molecule has 5 nitrogen and oxygen atoms in total. The third-order valence-corrected chi connectivity index (χ3v) is 20.5. The number of fused-ring (bicyclic) bond motifs is 16. The summed E-state index contributed by atoms with van der Waals surface area (Å²) in [5.41, 5.74) is 15.1. The van der Waals surface area contributed by atoms with Gasteiger partial charge in [-0.2, -0.15) is 0 Å². The highest BCUT2D eigenvalue weighted by molar-refractivity contribution is 8.00. The highest BCUT2D eigenvalue weighted by atomic mass is 32.2. The molecule has 446 valence electrons. The second kappa shape index (κ2) is 20.5. The molecular formula is C88H59BN4OS. The predicted molar refractivity (Wildman–Crippen MR) is 402 cm³/mol. The average Bonchev–Trinajstić information content (AvgIpc) is 1.69. The minimum Gasteiger partial charge on any atom is -0.456 e. The molecule has 20 rings (SSSR count). The minimum absolute atomic E-state index is 0.0228. The molecule has 0 bridgehead atoms. The van der Waals surface area contributed by atoms with Crippen LogP contribution in [0.15, 0.2) is 317 Å². The van der Waals surface area contributed by atoms with Crippen molar-refractivity contribution < 1.29 is 26.3 Å². The van der Waals surface area contributed by atoms with E-state index in [4.69, 9.17) is 12.6 Å². The first kappa shape index (κ1) is 40.5. The lowest BCUT2D eigenvalue weighted by molar-refractivity contribution is 0.591. The van der Waals surface area contributed by atoms with E-state index in [0.717, 1.165) is 110 Å². The summed E-state index contributed by atoms with van der Waals surface area (Å²) in [4.78, 5) is 3.86. The predicted octanol–water partition coefficient (Wildman–Crippen LogP) is 21.9. The maximum atomic E-state index is 9.82. The van der Waals surface area contributed by atoms with Gasteiger partial charge >= 0.3 is 0 Å². The smallest absolute Gasteiger partial charge is 0.249 e. The summed E-state index contributed by atoms with van der Waals surface area (Å²) in [6, 6.07) is 62.1. The van der Waals surface area contributed by atoms with Gasteiger partial charge in [0.05, 0.1) is 60.7 Å². The van der Waals surface area contributed by atoms with Crippen LogP contribution < -0.4 is 21.3 Å². The minimum atomic E-state index is -0.666. The molecule has 6 heterocycles. The van der Waals surface area contributed by atoms with Crippen molar-refractivity contribution >= 4 is 139 Å². The first-order valence-electron chi connectivity index (χ1n) is 39.6. The summed E-state index contributed by atoms with van der Waals surface area (Å²) in [5, 5.41) is 3.57. The van der Waals surface area contributed by atoms with Crippen LogP contribution in [0.5, 0.6) is 0 Å². The number of rotatable bonds is 7. The van der Waals surface area contributed by atoms with E-state index in [9.17, 15) is 13.7 Å². The summed E-state index contributed by atoms with van der Waals surface area (Å²) in [7, 11) is 0. The van der Waals surface area contributed by atoms with Gasteiger partial charge in [-0.1, -0.05) is 226 Å². The summed E-state index contributed by atoms with van der Waals surface area (Å²) >= 11 is 1.51. The monoisotopic (exact) mass is 1250 g/mol. The third-order valence-electron chi connectivity index (χ3n) is 19.3. The Labute approximate surface area is 576 Å². The molecule has 4 aromatic heterocycles. The Bertz CT molecular complexity index is 7110. The first-order valence-corrected chi connectivity index (χ1v) is 32.4. The lowest BCUT2D eigenvalue weighted by Crippen LogP contribution is -2.60. The Morgan fingerprint density at radius 2 is 0.937 bits per heavy atom. The van der Waals surface area contributed by atoms with E-state index in [2.05, 4.69) is 121 Å². The quantitative estimate of drug-likeness (QED) is 0.149. The first-order chi connectivity index (χ1) is 53.4. The second-order valence-corrected chi connectivity index (χ2v) is 26.6. The van der Waals surface area contributed by atoms with Crippen LogP contribution in [0, 0.1) is 0 Å². The zero-order valence-electron chi connectivity index (χ0n) is 67.3. The van der Waals surface area contributed by atoms with E-state index in [1.54, 1.807) is 4.57 Å². The lowest BCUT2D eigenvalue weighted by atomic mass is 9.34. The Kier molecular flexibility index (Phi) is 8.73. The topological polar surface area (TPSA) is 31.2 Å². The summed E-state index contributed by atoms with van der Waals surface area (Å²) < 4.78 is 161. The molecule has 0 unspecified atom stereocenters. The maximum absolute atomic E-state index is 9.82. The van der Waals surface area contributed by atoms with Gasteiger partial charge in [0.25, 0.3) is 0 Å². The molecule has 0 saturated carbocycles. The van der Waals surface area contributed by atoms with Gasteiger partial charge in [-0.25, -0.2) is 0 Å². The Morgan fingerprint density at radius 1 is 0.368 bits per heavy atom. The van der Waals surface area contributed by atoms with Gasteiger partial charge in [-0.3, -0.25) is 0 Å². The lowest BCUT2D eigenvalue weighted by Gasteiger charge is -2.42. The van der Waals surface area contributed by atoms with Gasteiger partial charge in [-0.05, 0) is 159 Å². The molecule has 0 amide bonds. The fourth-order valence-corrected chi connectivity index (χ4v) is 16.4. The van der Waals surface area contributed by atoms with Crippen LogP contribution in [-0.4, -0.2) is 20.4 Å². The third kappa shape index (κ3) is 8.06. The summed E-state index contributed by atoms with van der Waals surface area (Å²) in [5.74, 6) is 0. The van der Waals surface area contributed by atoms with Gasteiger partial charge in [0, 0.05) is 92.4 Å². The van der Waals surface area contributed by atoms with Crippen LogP contribution in [0.2, 0.25) is 0 Å². The molecule has 0 atom stereocenters. The largest absolute Gasteiger partial charge is 0.456 e. The van der Waals surface area contributed by atoms with Crippen molar-refractivity contribution in [2.45, 2.75) is 36.0 Å². The van der Waals surface area contributed by atoms with Gasteiger partial charge in [0.2, 0.25) is 6.71 Å². The fraction of sp³-hybridized carbons (Fsp3) is 0.0455. The molecule has 2 aliphatic heterocycles. The zero-order chi connectivity index (χ0) is 76.7. The van der Waals surface area contributed by atoms with Crippen molar-refractivity contribution in [3.8, 4) is 50.4 Å². The number of nitrogens with zero attached hydrogens (tertiary/aromatic N) is 4. The van der Waals surface area contributed by atoms with Crippen molar-refractivity contribution in [3.63, 3.8) is 0 Å². The molecule has 0 saturated heterocycles. The van der Waals surface area contributed by atoms with Crippen LogP contribution in [-0.2, 0) is 5.41 Å². The molecule has 0 aliphatic carbocycles. The number of benzene rings is 14. The van der Waals surface area contributed by atoms with Crippen LogP contribution in [0.25, 0.3) is 138 Å². The van der Waals surface area contributed by atoms with Crippen molar-refractivity contribution in [1.82, 2.24) is 13.7 Å². The molecule has 0 spiro atoms. The van der Waals surface area contributed by atoms with E-state index >= 15 is 0 Å². The van der Waals surface area contributed by atoms with E-state index in [1.165, 1.54) is 16.3 Å². The Hall–Kier alpha value is -11.5. The van der Waals surface area contributed by atoms with Gasteiger partial charge in [0.15, 0.2) is 0 Å². The highest BCUT2D eigenvalue weighted by Crippen LogP contribution is 2.54. The fourth-order valence-electron chi connectivity index (χ4n) is 15.1. The molecule has 2 aliphatic rings. The van der Waals surface area contributed by atoms with E-state index in [0.29, 0.717) is 33.1 Å². The summed E-state index contributed by atoms with van der Waals surface area (Å²) in [6.45, 7) is 5.93. The van der Waals surface area contributed by atoms with Crippen molar-refractivity contribution in [2.24, 2.45) is 0 Å². The molecule has 95 heavy (non-hydrogen) atoms. The van der Waals surface area contributed by atoms with E-state index < -0.39 is 109 Å². The van der Waals surface area contributed by atoms with E-state index in [1.807, 2.05) is 115 Å². The number of furan rings is 1. The molecule has 14 aromatic carbocycles. The van der Waals surface area contributed by atoms with Crippen LogP contribution in [0.3, 0.4) is 0 Å². The second-order valence-electron chi connectivity index (χ2n) is 25.5. The number of aromatic nitrogens is 3. The van der Waals surface area contributed by atoms with Crippen LogP contribution in [0.1, 0.15) is 48.3 Å². The average molecular weight is 1250 g/mol.